The second-order valence-electron chi connectivity index (χ2n) is 4.21. The zero-order valence-corrected chi connectivity index (χ0v) is 10.4. The van der Waals surface area contributed by atoms with Gasteiger partial charge in [-0.1, -0.05) is 6.07 Å². The quantitative estimate of drug-likeness (QED) is 0.917. The van der Waals surface area contributed by atoms with Crippen LogP contribution in [-0.4, -0.2) is 5.11 Å². The van der Waals surface area contributed by atoms with Gasteiger partial charge in [0, 0.05) is 11.6 Å². The molecule has 0 amide bonds. The first-order chi connectivity index (χ1) is 9.08. The van der Waals surface area contributed by atoms with Crippen molar-refractivity contribution in [3.63, 3.8) is 0 Å². The molecule has 0 aliphatic carbocycles. The Morgan fingerprint density at radius 1 is 1.26 bits per heavy atom. The Balaban J connectivity index is 2.12. The van der Waals surface area contributed by atoms with Gasteiger partial charge in [0.2, 0.25) is 0 Å². The lowest BCUT2D eigenvalue weighted by atomic mass is 10.1. The van der Waals surface area contributed by atoms with Crippen LogP contribution in [0.15, 0.2) is 36.4 Å². The number of halogens is 1. The van der Waals surface area contributed by atoms with Crippen molar-refractivity contribution < 1.29 is 14.2 Å². The van der Waals surface area contributed by atoms with Crippen molar-refractivity contribution >= 4 is 0 Å². The first-order valence-electron chi connectivity index (χ1n) is 5.70. The first-order valence-corrected chi connectivity index (χ1v) is 5.70. The molecule has 0 aromatic heterocycles. The van der Waals surface area contributed by atoms with Crippen LogP contribution in [0.2, 0.25) is 0 Å². The summed E-state index contributed by atoms with van der Waals surface area (Å²) in [6.45, 7) is 1.87. The minimum absolute atomic E-state index is 0.0421. The third-order valence-corrected chi connectivity index (χ3v) is 2.61. The van der Waals surface area contributed by atoms with Gasteiger partial charge in [-0.25, -0.2) is 4.39 Å². The summed E-state index contributed by atoms with van der Waals surface area (Å²) in [4.78, 5) is 0. The number of rotatable bonds is 3. The van der Waals surface area contributed by atoms with Crippen LogP contribution in [0, 0.1) is 24.1 Å². The Bertz CT molecular complexity index is 627. The van der Waals surface area contributed by atoms with Crippen LogP contribution in [0.4, 0.5) is 4.39 Å². The molecule has 0 saturated heterocycles. The lowest BCUT2D eigenvalue weighted by Gasteiger charge is -2.08. The van der Waals surface area contributed by atoms with Gasteiger partial charge in [-0.3, -0.25) is 0 Å². The van der Waals surface area contributed by atoms with Gasteiger partial charge >= 0.3 is 0 Å². The Hall–Kier alpha value is -2.54. The number of benzene rings is 2. The highest BCUT2D eigenvalue weighted by molar-refractivity contribution is 5.37. The van der Waals surface area contributed by atoms with Crippen LogP contribution in [0.5, 0.6) is 11.5 Å². The summed E-state index contributed by atoms with van der Waals surface area (Å²) in [6, 6.07) is 10.9. The zero-order chi connectivity index (χ0) is 13.8. The molecule has 96 valence electrons. The van der Waals surface area contributed by atoms with E-state index in [1.54, 1.807) is 12.1 Å². The first kappa shape index (κ1) is 12.9. The zero-order valence-electron chi connectivity index (χ0n) is 10.4. The van der Waals surface area contributed by atoms with E-state index in [1.807, 2.05) is 13.0 Å². The van der Waals surface area contributed by atoms with Crippen molar-refractivity contribution in [2.45, 2.75) is 13.5 Å². The lowest BCUT2D eigenvalue weighted by molar-refractivity contribution is 0.298. The fraction of sp³-hybridized carbons (Fsp3) is 0.133. The summed E-state index contributed by atoms with van der Waals surface area (Å²) in [5.41, 5.74) is 1.49. The molecular formula is C15H12FNO2. The summed E-state index contributed by atoms with van der Waals surface area (Å²) in [5, 5.41) is 18.1. The second-order valence-corrected chi connectivity index (χ2v) is 4.21. The van der Waals surface area contributed by atoms with Crippen molar-refractivity contribution in [1.29, 1.82) is 5.26 Å². The summed E-state index contributed by atoms with van der Waals surface area (Å²) in [6.07, 6.45) is 0. The SMILES string of the molecule is Cc1cc(O)cc(OCc2ccc(C#N)cc2F)c1. The molecule has 0 heterocycles. The van der Waals surface area contributed by atoms with Gasteiger partial charge in [-0.05, 0) is 36.8 Å². The summed E-state index contributed by atoms with van der Waals surface area (Å²) < 4.78 is 19.0. The summed E-state index contributed by atoms with van der Waals surface area (Å²) in [7, 11) is 0. The van der Waals surface area contributed by atoms with Crippen molar-refractivity contribution in [1.82, 2.24) is 0 Å². The molecule has 2 aromatic rings. The fourth-order valence-electron chi connectivity index (χ4n) is 1.71. The Morgan fingerprint density at radius 3 is 2.68 bits per heavy atom. The number of hydrogen-bond donors (Lipinski definition) is 1. The van der Waals surface area contributed by atoms with E-state index in [0.717, 1.165) is 5.56 Å². The molecule has 0 aliphatic rings. The minimum atomic E-state index is -0.476. The molecular weight excluding hydrogens is 245 g/mol. The van der Waals surface area contributed by atoms with E-state index in [1.165, 1.54) is 24.3 Å². The smallest absolute Gasteiger partial charge is 0.131 e. The highest BCUT2D eigenvalue weighted by atomic mass is 19.1. The number of nitrogens with zero attached hydrogens (tertiary/aromatic N) is 1. The molecule has 2 rings (SSSR count). The maximum atomic E-state index is 13.6. The maximum Gasteiger partial charge on any atom is 0.131 e. The van der Waals surface area contributed by atoms with E-state index < -0.39 is 5.82 Å². The van der Waals surface area contributed by atoms with Crippen LogP contribution in [0.3, 0.4) is 0 Å². The second kappa shape index (κ2) is 5.40. The highest BCUT2D eigenvalue weighted by Gasteiger charge is 2.05. The van der Waals surface area contributed by atoms with Crippen LogP contribution in [-0.2, 0) is 6.61 Å². The van der Waals surface area contributed by atoms with Crippen molar-refractivity contribution in [3.05, 3.63) is 58.9 Å². The van der Waals surface area contributed by atoms with E-state index in [2.05, 4.69) is 0 Å². The largest absolute Gasteiger partial charge is 0.508 e. The number of phenolic OH excluding ortho intramolecular Hbond substituents is 1. The molecule has 0 bridgehead atoms. The average Bonchev–Trinajstić information content (AvgIpc) is 2.36. The average molecular weight is 257 g/mol. The van der Waals surface area contributed by atoms with Crippen molar-refractivity contribution in [2.24, 2.45) is 0 Å². The molecule has 2 aromatic carbocycles. The molecule has 19 heavy (non-hydrogen) atoms. The minimum Gasteiger partial charge on any atom is -0.508 e. The molecule has 0 saturated carbocycles. The van der Waals surface area contributed by atoms with Gasteiger partial charge in [0.15, 0.2) is 0 Å². The van der Waals surface area contributed by atoms with E-state index in [0.29, 0.717) is 11.3 Å². The predicted molar refractivity (Wildman–Crippen MR) is 68.3 cm³/mol. The van der Waals surface area contributed by atoms with Gasteiger partial charge in [0.1, 0.15) is 23.9 Å². The van der Waals surface area contributed by atoms with E-state index in [9.17, 15) is 9.50 Å². The molecule has 0 fully saturated rings. The molecule has 0 spiro atoms. The molecule has 1 N–H and O–H groups in total. The maximum absolute atomic E-state index is 13.6. The van der Waals surface area contributed by atoms with Crippen molar-refractivity contribution in [3.8, 4) is 17.6 Å². The van der Waals surface area contributed by atoms with Crippen LogP contribution in [0.1, 0.15) is 16.7 Å². The van der Waals surface area contributed by atoms with Gasteiger partial charge < -0.3 is 9.84 Å². The number of nitriles is 1. The Kier molecular flexibility index (Phi) is 3.67. The standard InChI is InChI=1S/C15H12FNO2/c1-10-4-13(18)7-14(5-10)19-9-12-3-2-11(8-17)6-15(12)16/h2-7,18H,9H2,1H3. The third kappa shape index (κ3) is 3.23. The fourth-order valence-corrected chi connectivity index (χ4v) is 1.71. The summed E-state index contributed by atoms with van der Waals surface area (Å²) >= 11 is 0. The van der Waals surface area contributed by atoms with Crippen molar-refractivity contribution in [2.75, 3.05) is 0 Å². The molecule has 3 nitrogen and oxygen atoms in total. The van der Waals surface area contributed by atoms with Gasteiger partial charge in [0.05, 0.1) is 11.6 Å². The molecule has 0 aliphatic heterocycles. The van der Waals surface area contributed by atoms with Crippen LogP contribution in [0.25, 0.3) is 0 Å². The van der Waals surface area contributed by atoms with Crippen LogP contribution >= 0.6 is 0 Å². The number of hydrogen-bond acceptors (Lipinski definition) is 3. The Labute approximate surface area is 110 Å². The molecule has 0 radical (unpaired) electrons. The third-order valence-electron chi connectivity index (χ3n) is 2.61. The molecule has 0 unspecified atom stereocenters. The van der Waals surface area contributed by atoms with E-state index in [4.69, 9.17) is 10.00 Å². The number of ether oxygens (including phenoxy) is 1. The monoisotopic (exact) mass is 257 g/mol. The van der Waals surface area contributed by atoms with Gasteiger partial charge in [-0.2, -0.15) is 5.26 Å². The van der Waals surface area contributed by atoms with Gasteiger partial charge in [0.25, 0.3) is 0 Å². The number of aromatic hydroxyl groups is 1. The topological polar surface area (TPSA) is 53.2 Å². The van der Waals surface area contributed by atoms with Crippen LogP contribution < -0.4 is 4.74 Å². The molecule has 0 atom stereocenters. The summed E-state index contributed by atoms with van der Waals surface area (Å²) in [5.74, 6) is 0.104. The van der Waals surface area contributed by atoms with E-state index >= 15 is 0 Å². The molecule has 4 heteroatoms. The number of phenols is 1. The predicted octanol–water partition coefficient (Wildman–Crippen LogP) is 3.29. The lowest BCUT2D eigenvalue weighted by Crippen LogP contribution is -1.99. The normalized spacial score (nSPS) is 9.95. The van der Waals surface area contributed by atoms with E-state index in [-0.39, 0.29) is 17.9 Å². The Morgan fingerprint density at radius 2 is 2.05 bits per heavy atom. The van der Waals surface area contributed by atoms with Gasteiger partial charge in [-0.15, -0.1) is 0 Å². The number of aryl methyl sites for hydroxylation is 1. The highest BCUT2D eigenvalue weighted by Crippen LogP contribution is 2.22.